The zero-order valence-corrected chi connectivity index (χ0v) is 12.3. The number of carbonyl (C=O) groups excluding carboxylic acids is 1. The number of hydrogen-bond donors (Lipinski definition) is 2. The van der Waals surface area contributed by atoms with Gasteiger partial charge in [-0.1, -0.05) is 30.3 Å². The Kier molecular flexibility index (Phi) is 4.19. The first-order chi connectivity index (χ1) is 11.1. The van der Waals surface area contributed by atoms with Crippen LogP contribution in [0.1, 0.15) is 15.9 Å². The standard InChI is InChI=1S/C18H15FN2O2/c19-14-7-5-12(6-8-14)9-10-20-17(22)15-11-13-3-1-2-4-16(13)21-18(15)23/h1-8,11H,9-10H2,(H,20,22)(H,21,23). The molecule has 1 amide bonds. The number of benzene rings is 2. The maximum Gasteiger partial charge on any atom is 0.261 e. The third-order valence-corrected chi connectivity index (χ3v) is 3.61. The predicted molar refractivity (Wildman–Crippen MR) is 87.0 cm³/mol. The maximum absolute atomic E-state index is 12.8. The number of hydrogen-bond acceptors (Lipinski definition) is 2. The van der Waals surface area contributed by atoms with Gasteiger partial charge in [0.2, 0.25) is 0 Å². The molecule has 116 valence electrons. The van der Waals surface area contributed by atoms with Crippen molar-refractivity contribution in [3.63, 3.8) is 0 Å². The SMILES string of the molecule is O=C(NCCc1ccc(F)cc1)c1cc2ccccc2[nH]c1=O. The summed E-state index contributed by atoms with van der Waals surface area (Å²) < 4.78 is 12.8. The molecule has 3 aromatic rings. The van der Waals surface area contributed by atoms with Crippen molar-refractivity contribution in [2.24, 2.45) is 0 Å². The second-order valence-electron chi connectivity index (χ2n) is 5.23. The summed E-state index contributed by atoms with van der Waals surface area (Å²) in [4.78, 5) is 26.8. The zero-order chi connectivity index (χ0) is 16.2. The number of nitrogens with one attached hydrogen (secondary N) is 2. The van der Waals surface area contributed by atoms with Crippen LogP contribution in [0.4, 0.5) is 4.39 Å². The van der Waals surface area contributed by atoms with E-state index in [-0.39, 0.29) is 11.4 Å². The molecule has 4 nitrogen and oxygen atoms in total. The molecule has 0 saturated carbocycles. The third kappa shape index (κ3) is 3.45. The van der Waals surface area contributed by atoms with Gasteiger partial charge < -0.3 is 10.3 Å². The quantitative estimate of drug-likeness (QED) is 0.778. The number of fused-ring (bicyclic) bond motifs is 1. The number of aromatic amines is 1. The lowest BCUT2D eigenvalue weighted by molar-refractivity contribution is 0.0953. The van der Waals surface area contributed by atoms with Gasteiger partial charge in [0.1, 0.15) is 11.4 Å². The lowest BCUT2D eigenvalue weighted by atomic mass is 10.1. The minimum atomic E-state index is -0.417. The second kappa shape index (κ2) is 6.44. The average Bonchev–Trinajstić information content (AvgIpc) is 2.56. The summed E-state index contributed by atoms with van der Waals surface area (Å²) in [6.07, 6.45) is 0.567. The van der Waals surface area contributed by atoms with E-state index in [9.17, 15) is 14.0 Å². The first-order valence-corrected chi connectivity index (χ1v) is 7.28. The van der Waals surface area contributed by atoms with Crippen molar-refractivity contribution < 1.29 is 9.18 Å². The van der Waals surface area contributed by atoms with Gasteiger partial charge in [-0.05, 0) is 41.6 Å². The molecule has 2 aromatic carbocycles. The van der Waals surface area contributed by atoms with Gasteiger partial charge in [0.25, 0.3) is 11.5 Å². The van der Waals surface area contributed by atoms with Crippen LogP contribution in [-0.2, 0) is 6.42 Å². The van der Waals surface area contributed by atoms with Gasteiger partial charge in [-0.3, -0.25) is 9.59 Å². The van der Waals surface area contributed by atoms with E-state index in [2.05, 4.69) is 10.3 Å². The Labute approximate surface area is 132 Å². The van der Waals surface area contributed by atoms with Crippen molar-refractivity contribution in [2.75, 3.05) is 6.54 Å². The first-order valence-electron chi connectivity index (χ1n) is 7.28. The van der Waals surface area contributed by atoms with E-state index >= 15 is 0 Å². The first kappa shape index (κ1) is 15.0. The van der Waals surface area contributed by atoms with E-state index in [0.717, 1.165) is 10.9 Å². The van der Waals surface area contributed by atoms with Gasteiger partial charge in [-0.25, -0.2) is 4.39 Å². The van der Waals surface area contributed by atoms with Crippen LogP contribution in [0.25, 0.3) is 10.9 Å². The summed E-state index contributed by atoms with van der Waals surface area (Å²) in [5.41, 5.74) is 1.28. The lowest BCUT2D eigenvalue weighted by Crippen LogP contribution is -2.31. The Hall–Kier alpha value is -2.95. The molecule has 0 fully saturated rings. The molecule has 0 spiro atoms. The van der Waals surface area contributed by atoms with Gasteiger partial charge in [0.05, 0.1) is 0 Å². The van der Waals surface area contributed by atoms with Crippen molar-refractivity contribution >= 4 is 16.8 Å². The molecular formula is C18H15FN2O2. The molecule has 0 atom stereocenters. The zero-order valence-electron chi connectivity index (χ0n) is 12.3. The predicted octanol–water partition coefficient (Wildman–Crippen LogP) is 2.64. The lowest BCUT2D eigenvalue weighted by Gasteiger charge is -2.06. The highest BCUT2D eigenvalue weighted by molar-refractivity contribution is 5.97. The smallest absolute Gasteiger partial charge is 0.261 e. The average molecular weight is 310 g/mol. The maximum atomic E-state index is 12.8. The molecule has 0 aliphatic rings. The number of halogens is 1. The topological polar surface area (TPSA) is 62.0 Å². The van der Waals surface area contributed by atoms with Gasteiger partial charge in [0, 0.05) is 12.1 Å². The minimum Gasteiger partial charge on any atom is -0.352 e. The number of para-hydroxylation sites is 1. The van der Waals surface area contributed by atoms with Crippen molar-refractivity contribution in [1.82, 2.24) is 10.3 Å². The van der Waals surface area contributed by atoms with Gasteiger partial charge in [-0.15, -0.1) is 0 Å². The molecule has 0 saturated heterocycles. The summed E-state index contributed by atoms with van der Waals surface area (Å²) in [6, 6.07) is 15.0. The Morgan fingerprint density at radius 1 is 1.09 bits per heavy atom. The summed E-state index contributed by atoms with van der Waals surface area (Å²) >= 11 is 0. The molecule has 0 aliphatic heterocycles. The monoisotopic (exact) mass is 310 g/mol. The largest absolute Gasteiger partial charge is 0.352 e. The van der Waals surface area contributed by atoms with E-state index in [0.29, 0.717) is 18.5 Å². The highest BCUT2D eigenvalue weighted by Crippen LogP contribution is 2.10. The second-order valence-corrected chi connectivity index (χ2v) is 5.23. The molecule has 5 heteroatoms. The van der Waals surface area contributed by atoms with E-state index in [4.69, 9.17) is 0 Å². The fourth-order valence-corrected chi connectivity index (χ4v) is 2.38. The highest BCUT2D eigenvalue weighted by atomic mass is 19.1. The van der Waals surface area contributed by atoms with Crippen LogP contribution in [0.15, 0.2) is 59.4 Å². The molecule has 0 bridgehead atoms. The summed E-state index contributed by atoms with van der Waals surface area (Å²) in [7, 11) is 0. The van der Waals surface area contributed by atoms with Gasteiger partial charge in [-0.2, -0.15) is 0 Å². The summed E-state index contributed by atoms with van der Waals surface area (Å²) in [5.74, 6) is -0.709. The molecular weight excluding hydrogens is 295 g/mol. The molecule has 0 aliphatic carbocycles. The molecule has 1 heterocycles. The summed E-state index contributed by atoms with van der Waals surface area (Å²) in [5, 5.41) is 3.52. The van der Waals surface area contributed by atoms with Crippen LogP contribution < -0.4 is 10.9 Å². The van der Waals surface area contributed by atoms with Crippen LogP contribution in [0.3, 0.4) is 0 Å². The number of aromatic nitrogens is 1. The third-order valence-electron chi connectivity index (χ3n) is 3.61. The Morgan fingerprint density at radius 3 is 2.61 bits per heavy atom. The van der Waals surface area contributed by atoms with E-state index in [1.807, 2.05) is 18.2 Å². The number of carbonyl (C=O) groups is 1. The van der Waals surface area contributed by atoms with Crippen LogP contribution in [0, 0.1) is 5.82 Å². The molecule has 23 heavy (non-hydrogen) atoms. The van der Waals surface area contributed by atoms with Crippen molar-refractivity contribution in [2.45, 2.75) is 6.42 Å². The molecule has 2 N–H and O–H groups in total. The number of amides is 1. The fraction of sp³-hybridized carbons (Fsp3) is 0.111. The number of pyridine rings is 1. The van der Waals surface area contributed by atoms with Crippen LogP contribution in [-0.4, -0.2) is 17.4 Å². The molecule has 3 rings (SSSR count). The Balaban J connectivity index is 1.69. The molecule has 0 radical (unpaired) electrons. The van der Waals surface area contributed by atoms with Gasteiger partial charge >= 0.3 is 0 Å². The van der Waals surface area contributed by atoms with Gasteiger partial charge in [0.15, 0.2) is 0 Å². The number of rotatable bonds is 4. The normalized spacial score (nSPS) is 10.7. The van der Waals surface area contributed by atoms with E-state index < -0.39 is 11.5 Å². The Bertz CT molecular complexity index is 901. The Morgan fingerprint density at radius 2 is 1.83 bits per heavy atom. The van der Waals surface area contributed by atoms with Crippen molar-refractivity contribution in [3.8, 4) is 0 Å². The highest BCUT2D eigenvalue weighted by Gasteiger charge is 2.11. The van der Waals surface area contributed by atoms with Crippen LogP contribution >= 0.6 is 0 Å². The summed E-state index contributed by atoms with van der Waals surface area (Å²) in [6.45, 7) is 0.372. The van der Waals surface area contributed by atoms with Crippen molar-refractivity contribution in [1.29, 1.82) is 0 Å². The van der Waals surface area contributed by atoms with Crippen LogP contribution in [0.5, 0.6) is 0 Å². The minimum absolute atomic E-state index is 0.0859. The van der Waals surface area contributed by atoms with Crippen LogP contribution in [0.2, 0.25) is 0 Å². The van der Waals surface area contributed by atoms with Crippen molar-refractivity contribution in [3.05, 3.63) is 81.9 Å². The van der Waals surface area contributed by atoms with E-state index in [1.165, 1.54) is 12.1 Å². The number of H-pyrrole nitrogens is 1. The molecule has 0 unspecified atom stereocenters. The molecule has 1 aromatic heterocycles. The van der Waals surface area contributed by atoms with E-state index in [1.54, 1.807) is 24.3 Å². The fourth-order valence-electron chi connectivity index (χ4n) is 2.38.